The maximum Gasteiger partial charge on any atom is 0.311 e. The first kappa shape index (κ1) is 24.6. The van der Waals surface area contributed by atoms with Crippen LogP contribution in [-0.2, 0) is 22.4 Å². The fourth-order valence-electron chi connectivity index (χ4n) is 4.27. The predicted molar refractivity (Wildman–Crippen MR) is 137 cm³/mol. The van der Waals surface area contributed by atoms with Crippen LogP contribution in [0.4, 0.5) is 0 Å². The van der Waals surface area contributed by atoms with Crippen molar-refractivity contribution in [2.24, 2.45) is 5.92 Å². The highest BCUT2D eigenvalue weighted by Gasteiger charge is 2.33. The number of esters is 1. The van der Waals surface area contributed by atoms with Gasteiger partial charge in [0.25, 0.3) is 0 Å². The zero-order chi connectivity index (χ0) is 24.2. The molecule has 1 aliphatic rings. The first-order valence-corrected chi connectivity index (χ1v) is 12.8. The van der Waals surface area contributed by atoms with E-state index >= 15 is 0 Å². The number of likely N-dealkylation sites (tertiary alicyclic amines) is 1. The molecule has 0 saturated carbocycles. The molecule has 0 radical (unpaired) electrons. The van der Waals surface area contributed by atoms with E-state index < -0.39 is 0 Å². The van der Waals surface area contributed by atoms with Gasteiger partial charge in [0.15, 0.2) is 0 Å². The second-order valence-electron chi connectivity index (χ2n) is 8.75. The molecule has 3 aromatic rings. The lowest BCUT2D eigenvalue weighted by Crippen LogP contribution is -2.51. The van der Waals surface area contributed by atoms with Crippen LogP contribution in [0.15, 0.2) is 36.4 Å². The first-order chi connectivity index (χ1) is 16.4. The molecule has 6 nitrogen and oxygen atoms in total. The molecule has 2 heterocycles. The molecule has 180 valence electrons. The summed E-state index contributed by atoms with van der Waals surface area (Å²) in [5.41, 5.74) is 4.67. The third-order valence-corrected chi connectivity index (χ3v) is 7.31. The van der Waals surface area contributed by atoms with E-state index in [-0.39, 0.29) is 18.0 Å². The number of methoxy groups -OCH3 is 1. The van der Waals surface area contributed by atoms with Gasteiger partial charge in [0, 0.05) is 30.8 Å². The van der Waals surface area contributed by atoms with Gasteiger partial charge in [-0.3, -0.25) is 4.79 Å². The van der Waals surface area contributed by atoms with Crippen LogP contribution in [-0.4, -0.2) is 53.9 Å². The molecule has 1 fully saturated rings. The average Bonchev–Trinajstić information content (AvgIpc) is 3.28. The van der Waals surface area contributed by atoms with Crippen LogP contribution in [0.5, 0.6) is 5.75 Å². The summed E-state index contributed by atoms with van der Waals surface area (Å²) in [6, 6.07) is 12.1. The van der Waals surface area contributed by atoms with E-state index in [0.717, 1.165) is 53.6 Å². The van der Waals surface area contributed by atoms with Crippen LogP contribution in [0.2, 0.25) is 5.02 Å². The molecule has 4 rings (SSSR count). The van der Waals surface area contributed by atoms with Crippen molar-refractivity contribution >= 4 is 28.9 Å². The predicted octanol–water partition coefficient (Wildman–Crippen LogP) is 5.52. The zero-order valence-electron chi connectivity index (χ0n) is 20.0. The van der Waals surface area contributed by atoms with E-state index in [2.05, 4.69) is 40.2 Å². The highest BCUT2D eigenvalue weighted by Crippen LogP contribution is 2.36. The number of aromatic nitrogens is 2. The monoisotopic (exact) mass is 499 g/mol. The lowest BCUT2D eigenvalue weighted by molar-refractivity contribution is -0.151. The smallest absolute Gasteiger partial charge is 0.311 e. The molecule has 0 N–H and O–H groups in total. The third-order valence-electron chi connectivity index (χ3n) is 6.01. The molecular formula is C26H30ClN3O3S. The quantitative estimate of drug-likeness (QED) is 0.361. The number of halogens is 1. The Kier molecular flexibility index (Phi) is 7.86. The van der Waals surface area contributed by atoms with Gasteiger partial charge in [0.1, 0.15) is 15.8 Å². The van der Waals surface area contributed by atoms with E-state index in [0.29, 0.717) is 10.8 Å². The van der Waals surface area contributed by atoms with Gasteiger partial charge in [-0.05, 0) is 56.0 Å². The minimum Gasteiger partial charge on any atom is -0.489 e. The second kappa shape index (κ2) is 10.8. The molecule has 0 aliphatic carbocycles. The van der Waals surface area contributed by atoms with Crippen molar-refractivity contribution in [3.05, 3.63) is 52.5 Å². The summed E-state index contributed by atoms with van der Waals surface area (Å²) in [5.74, 6) is 0.579. The van der Waals surface area contributed by atoms with Crippen molar-refractivity contribution in [1.29, 1.82) is 0 Å². The zero-order valence-corrected chi connectivity index (χ0v) is 21.6. The Morgan fingerprint density at radius 3 is 2.65 bits per heavy atom. The Hall–Kier alpha value is -2.48. The van der Waals surface area contributed by atoms with Crippen molar-refractivity contribution in [3.63, 3.8) is 0 Å². The molecule has 0 unspecified atom stereocenters. The second-order valence-corrected chi connectivity index (χ2v) is 10.1. The van der Waals surface area contributed by atoms with Gasteiger partial charge in [-0.15, -0.1) is 10.2 Å². The standard InChI is InChI=1S/C26H30ClN3O3S/c1-5-20-17(11-12-30-14-19(15-30)26(31)32-4)7-6-8-21(20)25-29-28-24(34-25)18-9-10-23(22(27)13-18)33-16(2)3/h6-10,13,16,19H,5,11-12,14-15H2,1-4H3. The molecular weight excluding hydrogens is 470 g/mol. The summed E-state index contributed by atoms with van der Waals surface area (Å²) in [5, 5.41) is 11.3. The summed E-state index contributed by atoms with van der Waals surface area (Å²) >= 11 is 8.00. The van der Waals surface area contributed by atoms with Crippen molar-refractivity contribution in [3.8, 4) is 26.9 Å². The van der Waals surface area contributed by atoms with Gasteiger partial charge in [-0.1, -0.05) is 48.1 Å². The van der Waals surface area contributed by atoms with Crippen LogP contribution in [0.3, 0.4) is 0 Å². The van der Waals surface area contributed by atoms with E-state index in [1.54, 1.807) is 11.3 Å². The van der Waals surface area contributed by atoms with Crippen LogP contribution in [0.25, 0.3) is 21.1 Å². The van der Waals surface area contributed by atoms with Crippen LogP contribution in [0.1, 0.15) is 31.9 Å². The molecule has 0 spiro atoms. The molecule has 0 atom stereocenters. The van der Waals surface area contributed by atoms with Crippen molar-refractivity contribution in [2.75, 3.05) is 26.7 Å². The molecule has 0 amide bonds. The number of carbonyl (C=O) groups excluding carboxylic acids is 1. The van der Waals surface area contributed by atoms with Gasteiger partial charge >= 0.3 is 5.97 Å². The molecule has 0 bridgehead atoms. The van der Waals surface area contributed by atoms with Gasteiger partial charge in [-0.25, -0.2) is 0 Å². The van der Waals surface area contributed by atoms with E-state index in [9.17, 15) is 4.79 Å². The highest BCUT2D eigenvalue weighted by molar-refractivity contribution is 7.17. The lowest BCUT2D eigenvalue weighted by Gasteiger charge is -2.37. The normalized spacial score (nSPS) is 14.3. The minimum atomic E-state index is -0.108. The highest BCUT2D eigenvalue weighted by atomic mass is 35.5. The Balaban J connectivity index is 1.49. The van der Waals surface area contributed by atoms with E-state index in [1.807, 2.05) is 32.0 Å². The topological polar surface area (TPSA) is 64.6 Å². The van der Waals surface area contributed by atoms with E-state index in [4.69, 9.17) is 21.1 Å². The molecule has 2 aromatic carbocycles. The number of nitrogens with zero attached hydrogens (tertiary/aromatic N) is 3. The Morgan fingerprint density at radius 2 is 1.97 bits per heavy atom. The molecule has 1 aromatic heterocycles. The molecule has 1 aliphatic heterocycles. The Bertz CT molecular complexity index is 1160. The van der Waals surface area contributed by atoms with Crippen molar-refractivity contribution in [2.45, 2.75) is 39.7 Å². The fourth-order valence-corrected chi connectivity index (χ4v) is 5.38. The summed E-state index contributed by atoms with van der Waals surface area (Å²) in [7, 11) is 1.45. The number of hydrogen-bond acceptors (Lipinski definition) is 7. The Morgan fingerprint density at radius 1 is 1.21 bits per heavy atom. The number of carbonyl (C=O) groups is 1. The van der Waals surface area contributed by atoms with Gasteiger partial charge in [0.05, 0.1) is 24.2 Å². The summed E-state index contributed by atoms with van der Waals surface area (Å²) in [6.45, 7) is 8.60. The molecule has 1 saturated heterocycles. The average molecular weight is 500 g/mol. The van der Waals surface area contributed by atoms with Crippen LogP contribution < -0.4 is 4.74 Å². The maximum absolute atomic E-state index is 11.6. The van der Waals surface area contributed by atoms with Gasteiger partial charge in [0.2, 0.25) is 0 Å². The SMILES string of the molecule is CCc1c(CCN2CC(C(=O)OC)C2)cccc1-c1nnc(-c2ccc(OC(C)C)c(Cl)c2)s1. The van der Waals surface area contributed by atoms with Gasteiger partial charge < -0.3 is 14.4 Å². The van der Waals surface area contributed by atoms with Crippen molar-refractivity contribution in [1.82, 2.24) is 15.1 Å². The maximum atomic E-state index is 11.6. The molecule has 34 heavy (non-hydrogen) atoms. The van der Waals surface area contributed by atoms with Crippen LogP contribution >= 0.6 is 22.9 Å². The minimum absolute atomic E-state index is 0.0151. The first-order valence-electron chi connectivity index (χ1n) is 11.6. The Labute approximate surface area is 209 Å². The number of hydrogen-bond donors (Lipinski definition) is 0. The summed E-state index contributed by atoms with van der Waals surface area (Å²) < 4.78 is 10.6. The number of benzene rings is 2. The third kappa shape index (κ3) is 5.43. The van der Waals surface area contributed by atoms with E-state index in [1.165, 1.54) is 18.2 Å². The van der Waals surface area contributed by atoms with Gasteiger partial charge in [-0.2, -0.15) is 0 Å². The molecule has 8 heteroatoms. The van der Waals surface area contributed by atoms with Crippen LogP contribution in [0, 0.1) is 5.92 Å². The number of rotatable bonds is 9. The fraction of sp³-hybridized carbons (Fsp3) is 0.423. The summed E-state index contributed by atoms with van der Waals surface area (Å²) in [4.78, 5) is 13.9. The summed E-state index contributed by atoms with van der Waals surface area (Å²) in [6.07, 6.45) is 1.91. The largest absolute Gasteiger partial charge is 0.489 e. The lowest BCUT2D eigenvalue weighted by atomic mass is 9.95. The van der Waals surface area contributed by atoms with Crippen molar-refractivity contribution < 1.29 is 14.3 Å². The number of ether oxygens (including phenoxy) is 2.